The van der Waals surface area contributed by atoms with Gasteiger partial charge in [0.05, 0.1) is 6.07 Å². The zero-order valence-electron chi connectivity index (χ0n) is 7.92. The molecule has 1 unspecified atom stereocenters. The van der Waals surface area contributed by atoms with E-state index in [1.54, 1.807) is 0 Å². The van der Waals surface area contributed by atoms with Crippen LogP contribution in [0.3, 0.4) is 0 Å². The molecule has 0 saturated carbocycles. The highest BCUT2D eigenvalue weighted by molar-refractivity contribution is 5.87. The molecule has 0 aliphatic carbocycles. The van der Waals surface area contributed by atoms with E-state index >= 15 is 0 Å². The third kappa shape index (κ3) is 5.00. The first kappa shape index (κ1) is 11.7. The molecule has 0 radical (unpaired) electrons. The molecule has 0 aliphatic rings. The Balaban J connectivity index is 3.96. The first-order valence-corrected chi connectivity index (χ1v) is 4.11. The summed E-state index contributed by atoms with van der Waals surface area (Å²) in [4.78, 5) is 10.8. The number of carbonyl (C=O) groups is 1. The van der Waals surface area contributed by atoms with Crippen LogP contribution in [0.15, 0.2) is 0 Å². The molecule has 0 saturated heterocycles. The second-order valence-corrected chi connectivity index (χ2v) is 2.94. The van der Waals surface area contributed by atoms with Gasteiger partial charge in [0, 0.05) is 12.8 Å². The fourth-order valence-corrected chi connectivity index (χ4v) is 0.578. The Morgan fingerprint density at radius 2 is 2.15 bits per heavy atom. The Morgan fingerprint density at radius 3 is 2.62 bits per heavy atom. The molecular weight excluding hydrogens is 166 g/mol. The van der Waals surface area contributed by atoms with Gasteiger partial charge in [0.2, 0.25) is 0 Å². The van der Waals surface area contributed by atoms with Crippen LogP contribution in [0.25, 0.3) is 0 Å². The lowest BCUT2D eigenvalue weighted by molar-refractivity contribution is -0.128. The third-order valence-corrected chi connectivity index (χ3v) is 1.61. The summed E-state index contributed by atoms with van der Waals surface area (Å²) >= 11 is 0. The molecule has 0 aliphatic heterocycles. The van der Waals surface area contributed by atoms with Gasteiger partial charge in [0.25, 0.3) is 0 Å². The predicted molar refractivity (Wildman–Crippen MR) is 48.5 cm³/mol. The van der Waals surface area contributed by atoms with Gasteiger partial charge in [-0.25, -0.2) is 0 Å². The molecule has 0 fully saturated rings. The first-order chi connectivity index (χ1) is 6.00. The van der Waals surface area contributed by atoms with Crippen molar-refractivity contribution in [2.24, 2.45) is 0 Å². The summed E-state index contributed by atoms with van der Waals surface area (Å²) in [5.41, 5.74) is -1.54. The molecule has 1 N–H and O–H groups in total. The minimum atomic E-state index is -1.54. The quantitative estimate of drug-likeness (QED) is 0.519. The number of carbonyl (C=O) groups excluding carboxylic acids is 1. The largest absolute Gasteiger partial charge is 0.371 e. The van der Waals surface area contributed by atoms with Crippen molar-refractivity contribution in [3.8, 4) is 17.9 Å². The highest BCUT2D eigenvalue weighted by Crippen LogP contribution is 2.02. The first-order valence-electron chi connectivity index (χ1n) is 4.11. The number of Topliss-reactive ketones (excluding diaryl/α,β-unsaturated/α-hetero) is 1. The number of aliphatic hydroxyl groups is 1. The second kappa shape index (κ2) is 5.35. The van der Waals surface area contributed by atoms with Crippen LogP contribution in [0.1, 0.15) is 33.1 Å². The molecule has 70 valence electrons. The van der Waals surface area contributed by atoms with E-state index in [-0.39, 0.29) is 5.78 Å². The van der Waals surface area contributed by atoms with Gasteiger partial charge in [-0.2, -0.15) is 5.26 Å². The topological polar surface area (TPSA) is 61.1 Å². The normalized spacial score (nSPS) is 13.4. The Labute approximate surface area is 78.4 Å². The Kier molecular flexibility index (Phi) is 4.80. The molecule has 1 atom stereocenters. The van der Waals surface area contributed by atoms with Gasteiger partial charge in [-0.15, -0.1) is 0 Å². The van der Waals surface area contributed by atoms with Gasteiger partial charge < -0.3 is 5.11 Å². The summed E-state index contributed by atoms with van der Waals surface area (Å²) in [5, 5.41) is 17.6. The molecule has 0 rings (SSSR count). The smallest absolute Gasteiger partial charge is 0.180 e. The standard InChI is InChI=1S/C10H13NO2/c1-9(12)10(2,13)7-5-3-4-6-8-11/h13H,3-4,6H2,1-2H3. The lowest BCUT2D eigenvalue weighted by atomic mass is 10.0. The van der Waals surface area contributed by atoms with E-state index < -0.39 is 5.60 Å². The molecule has 0 spiro atoms. The number of hydrogen-bond donors (Lipinski definition) is 1. The molecular formula is C10H13NO2. The van der Waals surface area contributed by atoms with E-state index in [9.17, 15) is 9.90 Å². The van der Waals surface area contributed by atoms with Gasteiger partial charge in [-0.3, -0.25) is 4.79 Å². The summed E-state index contributed by atoms with van der Waals surface area (Å²) in [5.74, 6) is 4.77. The third-order valence-electron chi connectivity index (χ3n) is 1.61. The van der Waals surface area contributed by atoms with E-state index in [1.165, 1.54) is 13.8 Å². The molecule has 0 heterocycles. The zero-order valence-corrected chi connectivity index (χ0v) is 7.92. The zero-order chi connectivity index (χ0) is 10.3. The maximum atomic E-state index is 10.8. The SMILES string of the molecule is CC(=O)C(C)(O)C#CCCCC#N. The van der Waals surface area contributed by atoms with Crippen LogP contribution in [0.5, 0.6) is 0 Å². The van der Waals surface area contributed by atoms with E-state index in [0.717, 1.165) is 0 Å². The van der Waals surface area contributed by atoms with Crippen LogP contribution in [0, 0.1) is 23.2 Å². The van der Waals surface area contributed by atoms with Crippen LogP contribution < -0.4 is 0 Å². The number of nitriles is 1. The molecule has 3 nitrogen and oxygen atoms in total. The summed E-state index contributed by atoms with van der Waals surface area (Å²) in [7, 11) is 0. The maximum Gasteiger partial charge on any atom is 0.180 e. The van der Waals surface area contributed by atoms with Crippen LogP contribution >= 0.6 is 0 Å². The number of hydrogen-bond acceptors (Lipinski definition) is 3. The second-order valence-electron chi connectivity index (χ2n) is 2.94. The predicted octanol–water partition coefficient (Wildman–Crippen LogP) is 1.02. The summed E-state index contributed by atoms with van der Waals surface area (Å²) < 4.78 is 0. The van der Waals surface area contributed by atoms with E-state index in [0.29, 0.717) is 19.3 Å². The van der Waals surface area contributed by atoms with Crippen LogP contribution in [-0.2, 0) is 4.79 Å². The lowest BCUT2D eigenvalue weighted by Crippen LogP contribution is -2.30. The van der Waals surface area contributed by atoms with E-state index in [2.05, 4.69) is 11.8 Å². The van der Waals surface area contributed by atoms with Crippen molar-refractivity contribution in [3.63, 3.8) is 0 Å². The average molecular weight is 179 g/mol. The fourth-order valence-electron chi connectivity index (χ4n) is 0.578. The monoisotopic (exact) mass is 179 g/mol. The van der Waals surface area contributed by atoms with Crippen molar-refractivity contribution in [2.45, 2.75) is 38.7 Å². The fraction of sp³-hybridized carbons (Fsp3) is 0.600. The van der Waals surface area contributed by atoms with Crippen LogP contribution in [0.2, 0.25) is 0 Å². The van der Waals surface area contributed by atoms with Crippen molar-refractivity contribution in [1.82, 2.24) is 0 Å². The van der Waals surface area contributed by atoms with Crippen LogP contribution in [-0.4, -0.2) is 16.5 Å². The molecule has 0 bridgehead atoms. The summed E-state index contributed by atoms with van der Waals surface area (Å²) in [6.07, 6.45) is 1.67. The maximum absolute atomic E-state index is 10.8. The molecule has 3 heteroatoms. The van der Waals surface area contributed by atoms with Gasteiger partial charge in [-0.1, -0.05) is 11.8 Å². The Bertz CT molecular complexity index is 276. The van der Waals surface area contributed by atoms with Crippen molar-refractivity contribution in [1.29, 1.82) is 5.26 Å². The number of ketones is 1. The van der Waals surface area contributed by atoms with E-state index in [1.807, 2.05) is 6.07 Å². The highest BCUT2D eigenvalue weighted by atomic mass is 16.3. The lowest BCUT2D eigenvalue weighted by Gasteiger charge is -2.10. The molecule has 0 aromatic carbocycles. The van der Waals surface area contributed by atoms with Crippen molar-refractivity contribution >= 4 is 5.78 Å². The summed E-state index contributed by atoms with van der Waals surface area (Å²) in [6, 6.07) is 1.99. The van der Waals surface area contributed by atoms with Gasteiger partial charge >= 0.3 is 0 Å². The van der Waals surface area contributed by atoms with Gasteiger partial charge in [0.15, 0.2) is 11.4 Å². The van der Waals surface area contributed by atoms with Crippen LogP contribution in [0.4, 0.5) is 0 Å². The molecule has 0 amide bonds. The van der Waals surface area contributed by atoms with Gasteiger partial charge in [-0.05, 0) is 20.3 Å². The molecule has 13 heavy (non-hydrogen) atoms. The number of nitrogens with zero attached hydrogens (tertiary/aromatic N) is 1. The minimum absolute atomic E-state index is 0.361. The number of rotatable bonds is 3. The van der Waals surface area contributed by atoms with Crippen molar-refractivity contribution in [2.75, 3.05) is 0 Å². The van der Waals surface area contributed by atoms with E-state index in [4.69, 9.17) is 5.26 Å². The highest BCUT2D eigenvalue weighted by Gasteiger charge is 2.22. The molecule has 0 aromatic rings. The van der Waals surface area contributed by atoms with Crippen molar-refractivity contribution < 1.29 is 9.90 Å². The molecule has 0 aromatic heterocycles. The number of unbranched alkanes of at least 4 members (excludes halogenated alkanes) is 2. The average Bonchev–Trinajstić information content (AvgIpc) is 2.03. The van der Waals surface area contributed by atoms with Crippen molar-refractivity contribution in [3.05, 3.63) is 0 Å². The Morgan fingerprint density at radius 1 is 1.54 bits per heavy atom. The summed E-state index contributed by atoms with van der Waals surface area (Å²) in [6.45, 7) is 2.66. The minimum Gasteiger partial charge on any atom is -0.371 e. The van der Waals surface area contributed by atoms with Gasteiger partial charge in [0.1, 0.15) is 0 Å². The Hall–Kier alpha value is -1.32.